The zero-order valence-corrected chi connectivity index (χ0v) is 13.8. The highest BCUT2D eigenvalue weighted by molar-refractivity contribution is 7.13. The molecule has 0 aliphatic carbocycles. The van der Waals surface area contributed by atoms with E-state index >= 15 is 0 Å². The van der Waals surface area contributed by atoms with Gasteiger partial charge in [0.25, 0.3) is 0 Å². The van der Waals surface area contributed by atoms with Gasteiger partial charge in [0.1, 0.15) is 0 Å². The van der Waals surface area contributed by atoms with Gasteiger partial charge in [0.05, 0.1) is 4.88 Å². The molecule has 22 heavy (non-hydrogen) atoms. The van der Waals surface area contributed by atoms with Gasteiger partial charge in [0, 0.05) is 25.0 Å². The first-order valence-corrected chi connectivity index (χ1v) is 8.76. The largest absolute Gasteiger partial charge is 0.396 e. The van der Waals surface area contributed by atoms with E-state index in [2.05, 4.69) is 22.0 Å². The topological polar surface area (TPSA) is 62.4 Å². The quantitative estimate of drug-likeness (QED) is 0.886. The van der Waals surface area contributed by atoms with E-state index in [-0.39, 0.29) is 12.0 Å². The number of rotatable bonds is 6. The lowest BCUT2D eigenvalue weighted by molar-refractivity contribution is 0.0460. The summed E-state index contributed by atoms with van der Waals surface area (Å²) >= 11 is 1.62. The first-order valence-electron chi connectivity index (χ1n) is 7.88. The van der Waals surface area contributed by atoms with E-state index in [1.165, 1.54) is 6.42 Å². The average Bonchev–Trinajstić information content (AvgIpc) is 3.18. The Labute approximate surface area is 135 Å². The van der Waals surface area contributed by atoms with Gasteiger partial charge in [-0.25, -0.2) is 0 Å². The normalized spacial score (nSPS) is 23.0. The summed E-state index contributed by atoms with van der Waals surface area (Å²) in [5, 5.41) is 15.6. The van der Waals surface area contributed by atoms with Crippen molar-refractivity contribution in [3.05, 3.63) is 23.4 Å². The fourth-order valence-corrected chi connectivity index (χ4v) is 3.71. The lowest BCUT2D eigenvalue weighted by atomic mass is 9.83. The van der Waals surface area contributed by atoms with E-state index in [0.29, 0.717) is 11.7 Å². The van der Waals surface area contributed by atoms with Crippen LogP contribution in [-0.4, -0.2) is 46.4 Å². The molecule has 0 aromatic carbocycles. The van der Waals surface area contributed by atoms with Crippen molar-refractivity contribution in [2.75, 3.05) is 26.2 Å². The molecule has 1 saturated heterocycles. The maximum Gasteiger partial charge on any atom is 0.227 e. The molecule has 0 saturated carbocycles. The highest BCUT2D eigenvalue weighted by Crippen LogP contribution is 2.28. The van der Waals surface area contributed by atoms with Crippen LogP contribution in [0.1, 0.15) is 32.1 Å². The number of aliphatic hydroxyl groups is 1. The average molecular weight is 321 g/mol. The molecule has 1 fully saturated rings. The summed E-state index contributed by atoms with van der Waals surface area (Å²) in [5.41, 5.74) is 0.0646. The van der Waals surface area contributed by atoms with E-state index in [1.807, 2.05) is 17.5 Å². The number of aryl methyl sites for hydroxylation is 1. The van der Waals surface area contributed by atoms with Crippen LogP contribution in [0.2, 0.25) is 0 Å². The van der Waals surface area contributed by atoms with Crippen molar-refractivity contribution in [2.45, 2.75) is 32.6 Å². The van der Waals surface area contributed by atoms with Crippen molar-refractivity contribution in [3.8, 4) is 10.7 Å². The Kier molecular flexibility index (Phi) is 4.90. The van der Waals surface area contributed by atoms with Crippen LogP contribution in [0, 0.1) is 5.41 Å². The van der Waals surface area contributed by atoms with Crippen LogP contribution in [0.25, 0.3) is 10.7 Å². The Morgan fingerprint density at radius 2 is 2.41 bits per heavy atom. The minimum absolute atomic E-state index is 0.0646. The third-order valence-corrected chi connectivity index (χ3v) is 5.18. The first kappa shape index (κ1) is 15.6. The van der Waals surface area contributed by atoms with E-state index in [1.54, 1.807) is 11.3 Å². The lowest BCUT2D eigenvalue weighted by Gasteiger charge is -2.39. The van der Waals surface area contributed by atoms with E-state index in [0.717, 1.165) is 43.8 Å². The summed E-state index contributed by atoms with van der Waals surface area (Å²) in [6.45, 7) is 5.57. The second kappa shape index (κ2) is 6.89. The van der Waals surface area contributed by atoms with Crippen LogP contribution in [0.4, 0.5) is 0 Å². The predicted octanol–water partition coefficient (Wildman–Crippen LogP) is 2.83. The lowest BCUT2D eigenvalue weighted by Crippen LogP contribution is -2.43. The van der Waals surface area contributed by atoms with Crippen molar-refractivity contribution in [3.63, 3.8) is 0 Å². The van der Waals surface area contributed by atoms with Gasteiger partial charge >= 0.3 is 0 Å². The Hall–Kier alpha value is -1.24. The second-order valence-corrected chi connectivity index (χ2v) is 7.39. The summed E-state index contributed by atoms with van der Waals surface area (Å²) in [6.07, 6.45) is 4.10. The Balaban J connectivity index is 1.47. The molecule has 0 bridgehead atoms. The number of hydrogen-bond acceptors (Lipinski definition) is 6. The zero-order chi connectivity index (χ0) is 15.4. The van der Waals surface area contributed by atoms with E-state index < -0.39 is 0 Å². The minimum Gasteiger partial charge on any atom is -0.396 e. The zero-order valence-electron chi connectivity index (χ0n) is 13.0. The summed E-state index contributed by atoms with van der Waals surface area (Å²) < 4.78 is 5.33. The first-order chi connectivity index (χ1) is 10.7. The molecule has 2 aromatic rings. The van der Waals surface area contributed by atoms with Gasteiger partial charge in [0.2, 0.25) is 11.7 Å². The standard InChI is InChI=1S/C16H23N3O2S/c1-16(12-20)7-4-9-19(11-16)8-2-6-14-17-15(18-21-14)13-5-3-10-22-13/h3,5,10,20H,2,4,6-9,11-12H2,1H3. The monoisotopic (exact) mass is 321 g/mol. The van der Waals surface area contributed by atoms with Gasteiger partial charge in [0.15, 0.2) is 0 Å². The SMILES string of the molecule is CC1(CO)CCCN(CCCc2nc(-c3cccs3)no2)C1. The highest BCUT2D eigenvalue weighted by atomic mass is 32.1. The van der Waals surface area contributed by atoms with Crippen molar-refractivity contribution in [1.29, 1.82) is 0 Å². The Bertz CT molecular complexity index is 584. The molecule has 2 aromatic heterocycles. The van der Waals surface area contributed by atoms with Gasteiger partial charge < -0.3 is 14.5 Å². The maximum atomic E-state index is 9.51. The summed E-state index contributed by atoms with van der Waals surface area (Å²) in [5.74, 6) is 1.40. The predicted molar refractivity (Wildman–Crippen MR) is 86.8 cm³/mol. The fraction of sp³-hybridized carbons (Fsp3) is 0.625. The molecule has 3 rings (SSSR count). The van der Waals surface area contributed by atoms with Crippen molar-refractivity contribution >= 4 is 11.3 Å². The van der Waals surface area contributed by atoms with Gasteiger partial charge in [-0.2, -0.15) is 4.98 Å². The van der Waals surface area contributed by atoms with E-state index in [9.17, 15) is 5.11 Å². The minimum atomic E-state index is 0.0646. The van der Waals surface area contributed by atoms with Crippen LogP contribution < -0.4 is 0 Å². The molecule has 1 unspecified atom stereocenters. The number of thiophene rings is 1. The van der Waals surface area contributed by atoms with Crippen molar-refractivity contribution in [2.24, 2.45) is 5.41 Å². The molecule has 3 heterocycles. The summed E-state index contributed by atoms with van der Waals surface area (Å²) in [6, 6.07) is 3.99. The third kappa shape index (κ3) is 3.74. The van der Waals surface area contributed by atoms with Gasteiger partial charge in [-0.15, -0.1) is 11.3 Å². The smallest absolute Gasteiger partial charge is 0.227 e. The molecule has 0 radical (unpaired) electrons. The molecule has 5 nitrogen and oxygen atoms in total. The number of nitrogens with zero attached hydrogens (tertiary/aromatic N) is 3. The Morgan fingerprint density at radius 3 is 3.18 bits per heavy atom. The third-order valence-electron chi connectivity index (χ3n) is 4.32. The molecule has 0 amide bonds. The molecular formula is C16H23N3O2S. The number of hydrogen-bond donors (Lipinski definition) is 1. The van der Waals surface area contributed by atoms with Crippen LogP contribution in [0.3, 0.4) is 0 Å². The molecule has 6 heteroatoms. The molecule has 120 valence electrons. The second-order valence-electron chi connectivity index (χ2n) is 6.44. The van der Waals surface area contributed by atoms with Crippen molar-refractivity contribution in [1.82, 2.24) is 15.0 Å². The number of piperidine rings is 1. The van der Waals surface area contributed by atoms with Crippen LogP contribution in [-0.2, 0) is 6.42 Å². The fourth-order valence-electron chi connectivity index (χ4n) is 3.06. The van der Waals surface area contributed by atoms with Gasteiger partial charge in [-0.05, 0) is 43.8 Å². The highest BCUT2D eigenvalue weighted by Gasteiger charge is 2.29. The summed E-state index contributed by atoms with van der Waals surface area (Å²) in [7, 11) is 0. The molecule has 1 aliphatic heterocycles. The molecule has 0 spiro atoms. The van der Waals surface area contributed by atoms with Gasteiger partial charge in [-0.3, -0.25) is 0 Å². The van der Waals surface area contributed by atoms with Gasteiger partial charge in [-0.1, -0.05) is 18.1 Å². The van der Waals surface area contributed by atoms with Crippen LogP contribution in [0.5, 0.6) is 0 Å². The van der Waals surface area contributed by atoms with Crippen molar-refractivity contribution < 1.29 is 9.63 Å². The van der Waals surface area contributed by atoms with E-state index in [4.69, 9.17) is 4.52 Å². The molecule has 1 N–H and O–H groups in total. The molecular weight excluding hydrogens is 298 g/mol. The Morgan fingerprint density at radius 1 is 1.50 bits per heavy atom. The number of aromatic nitrogens is 2. The number of aliphatic hydroxyl groups excluding tert-OH is 1. The number of likely N-dealkylation sites (tertiary alicyclic amines) is 1. The molecule has 1 aliphatic rings. The van der Waals surface area contributed by atoms with Crippen LogP contribution >= 0.6 is 11.3 Å². The molecule has 1 atom stereocenters. The maximum absolute atomic E-state index is 9.51. The van der Waals surface area contributed by atoms with Crippen LogP contribution in [0.15, 0.2) is 22.0 Å². The summed E-state index contributed by atoms with van der Waals surface area (Å²) in [4.78, 5) is 7.94.